The molecular formula is C19H14Cl2O3. The van der Waals surface area contributed by atoms with Gasteiger partial charge in [0.05, 0.1) is 10.4 Å². The Morgan fingerprint density at radius 1 is 1.08 bits per heavy atom. The van der Waals surface area contributed by atoms with Crippen LogP contribution in [0.3, 0.4) is 0 Å². The molecule has 0 radical (unpaired) electrons. The van der Waals surface area contributed by atoms with Crippen LogP contribution in [-0.4, -0.2) is 0 Å². The fourth-order valence-corrected chi connectivity index (χ4v) is 3.35. The van der Waals surface area contributed by atoms with Gasteiger partial charge in [-0.05, 0) is 36.6 Å². The van der Waals surface area contributed by atoms with Gasteiger partial charge in [0, 0.05) is 23.1 Å². The van der Waals surface area contributed by atoms with Gasteiger partial charge >= 0.3 is 0 Å². The van der Waals surface area contributed by atoms with Crippen LogP contribution in [0.5, 0.6) is 5.75 Å². The quantitative estimate of drug-likeness (QED) is 0.646. The summed E-state index contributed by atoms with van der Waals surface area (Å²) in [6, 6.07) is 10.7. The summed E-state index contributed by atoms with van der Waals surface area (Å²) in [4.78, 5) is 12.6. The molecule has 0 saturated carbocycles. The van der Waals surface area contributed by atoms with E-state index in [1.54, 1.807) is 24.3 Å². The first kappa shape index (κ1) is 15.6. The van der Waals surface area contributed by atoms with Crippen molar-refractivity contribution in [2.24, 2.45) is 0 Å². The lowest BCUT2D eigenvalue weighted by Gasteiger charge is -2.10. The van der Waals surface area contributed by atoms with Crippen LogP contribution < -0.4 is 10.2 Å². The second-order valence-corrected chi connectivity index (χ2v) is 6.72. The highest BCUT2D eigenvalue weighted by Gasteiger charge is 2.20. The van der Waals surface area contributed by atoms with Gasteiger partial charge in [-0.15, -0.1) is 0 Å². The van der Waals surface area contributed by atoms with Crippen molar-refractivity contribution in [3.8, 4) is 5.75 Å². The molecule has 122 valence electrons. The van der Waals surface area contributed by atoms with Gasteiger partial charge in [0.2, 0.25) is 0 Å². The molecule has 24 heavy (non-hydrogen) atoms. The average Bonchev–Trinajstić information content (AvgIpc) is 3.04. The summed E-state index contributed by atoms with van der Waals surface area (Å²) in [7, 11) is 0. The van der Waals surface area contributed by atoms with Crippen LogP contribution in [0.4, 0.5) is 0 Å². The molecule has 0 bridgehead atoms. The summed E-state index contributed by atoms with van der Waals surface area (Å²) < 4.78 is 11.6. The van der Waals surface area contributed by atoms with Crippen molar-refractivity contribution < 1.29 is 9.15 Å². The maximum Gasteiger partial charge on any atom is 0.196 e. The highest BCUT2D eigenvalue weighted by Crippen LogP contribution is 2.32. The molecule has 4 rings (SSSR count). The molecule has 3 nitrogen and oxygen atoms in total. The molecule has 0 amide bonds. The molecule has 0 atom stereocenters. The predicted octanol–water partition coefficient (Wildman–Crippen LogP) is 5.17. The van der Waals surface area contributed by atoms with Gasteiger partial charge in [0.25, 0.3) is 0 Å². The van der Waals surface area contributed by atoms with Crippen LogP contribution in [0.2, 0.25) is 10.0 Å². The van der Waals surface area contributed by atoms with E-state index in [1.165, 1.54) is 0 Å². The lowest BCUT2D eigenvalue weighted by molar-refractivity contribution is 0.306. The molecule has 3 aromatic rings. The standard InChI is InChI=1S/C19H14Cl2O3/c20-12-6-4-11(5-7-12)10-23-18-8-14-17(9-15(18)21)24-16-3-1-2-13(16)19(14)22/h4-9H,1-3,10H2. The number of rotatable bonds is 3. The Balaban J connectivity index is 1.69. The van der Waals surface area contributed by atoms with Crippen LogP contribution in [-0.2, 0) is 19.4 Å². The van der Waals surface area contributed by atoms with E-state index >= 15 is 0 Å². The van der Waals surface area contributed by atoms with Crippen molar-refractivity contribution in [1.82, 2.24) is 0 Å². The Morgan fingerprint density at radius 2 is 1.88 bits per heavy atom. The number of ether oxygens (including phenoxy) is 1. The minimum atomic E-state index is 0.0248. The lowest BCUT2D eigenvalue weighted by Crippen LogP contribution is -2.09. The number of fused-ring (bicyclic) bond motifs is 2. The van der Waals surface area contributed by atoms with Gasteiger partial charge in [-0.3, -0.25) is 4.79 Å². The number of hydrogen-bond donors (Lipinski definition) is 0. The molecule has 1 aliphatic carbocycles. The SMILES string of the molecule is O=c1c2c(oc3cc(Cl)c(OCc4ccc(Cl)cc4)cc13)CCC2. The second kappa shape index (κ2) is 6.15. The highest BCUT2D eigenvalue weighted by molar-refractivity contribution is 6.32. The third kappa shape index (κ3) is 2.79. The predicted molar refractivity (Wildman–Crippen MR) is 95.3 cm³/mol. The smallest absolute Gasteiger partial charge is 0.196 e. The van der Waals surface area contributed by atoms with E-state index in [-0.39, 0.29) is 5.43 Å². The van der Waals surface area contributed by atoms with Gasteiger partial charge < -0.3 is 9.15 Å². The molecule has 5 heteroatoms. The number of halogens is 2. The Kier molecular flexibility index (Phi) is 3.99. The Labute approximate surface area is 148 Å². The summed E-state index contributed by atoms with van der Waals surface area (Å²) in [6.45, 7) is 0.346. The van der Waals surface area contributed by atoms with Gasteiger partial charge in [-0.1, -0.05) is 35.3 Å². The van der Waals surface area contributed by atoms with Crippen molar-refractivity contribution in [2.75, 3.05) is 0 Å². The van der Waals surface area contributed by atoms with Crippen molar-refractivity contribution in [2.45, 2.75) is 25.9 Å². The Bertz CT molecular complexity index is 975. The van der Waals surface area contributed by atoms with Crippen molar-refractivity contribution >= 4 is 34.2 Å². The zero-order valence-electron chi connectivity index (χ0n) is 12.8. The summed E-state index contributed by atoms with van der Waals surface area (Å²) in [6.07, 6.45) is 2.54. The minimum Gasteiger partial charge on any atom is -0.487 e. The van der Waals surface area contributed by atoms with Crippen LogP contribution in [0, 0.1) is 0 Å². The van der Waals surface area contributed by atoms with Gasteiger partial charge in [0.15, 0.2) is 5.43 Å². The molecule has 0 N–H and O–H groups in total. The largest absolute Gasteiger partial charge is 0.487 e. The molecule has 1 heterocycles. The molecule has 1 aromatic heterocycles. The zero-order chi connectivity index (χ0) is 16.7. The van der Waals surface area contributed by atoms with E-state index in [4.69, 9.17) is 32.4 Å². The molecule has 0 unspecified atom stereocenters. The third-order valence-electron chi connectivity index (χ3n) is 4.26. The highest BCUT2D eigenvalue weighted by atomic mass is 35.5. The van der Waals surface area contributed by atoms with Crippen LogP contribution >= 0.6 is 23.2 Å². The monoisotopic (exact) mass is 360 g/mol. The lowest BCUT2D eigenvalue weighted by atomic mass is 10.1. The summed E-state index contributed by atoms with van der Waals surface area (Å²) >= 11 is 12.2. The van der Waals surface area contributed by atoms with E-state index in [0.717, 1.165) is 36.1 Å². The van der Waals surface area contributed by atoms with Gasteiger partial charge in [0.1, 0.15) is 23.7 Å². The van der Waals surface area contributed by atoms with Gasteiger partial charge in [-0.25, -0.2) is 0 Å². The van der Waals surface area contributed by atoms with E-state index in [9.17, 15) is 4.79 Å². The normalized spacial score (nSPS) is 13.2. The fourth-order valence-electron chi connectivity index (χ4n) is 3.01. The summed E-state index contributed by atoms with van der Waals surface area (Å²) in [5.41, 5.74) is 2.30. The topological polar surface area (TPSA) is 39.4 Å². The van der Waals surface area contributed by atoms with Crippen LogP contribution in [0.15, 0.2) is 45.6 Å². The Morgan fingerprint density at radius 3 is 2.67 bits per heavy atom. The molecule has 0 fully saturated rings. The van der Waals surface area contributed by atoms with E-state index < -0.39 is 0 Å². The van der Waals surface area contributed by atoms with Gasteiger partial charge in [-0.2, -0.15) is 0 Å². The van der Waals surface area contributed by atoms with Crippen LogP contribution in [0.25, 0.3) is 11.0 Å². The molecule has 2 aromatic carbocycles. The maximum atomic E-state index is 12.6. The fraction of sp³-hybridized carbons (Fsp3) is 0.211. The Hall–Kier alpha value is -1.97. The molecule has 0 saturated heterocycles. The van der Waals surface area contributed by atoms with Crippen molar-refractivity contribution in [3.05, 3.63) is 73.6 Å². The molecule has 0 spiro atoms. The number of aryl methyl sites for hydroxylation is 1. The van der Waals surface area contributed by atoms with Crippen molar-refractivity contribution in [1.29, 1.82) is 0 Å². The number of benzene rings is 2. The zero-order valence-corrected chi connectivity index (χ0v) is 14.3. The van der Waals surface area contributed by atoms with Crippen LogP contribution in [0.1, 0.15) is 23.3 Å². The van der Waals surface area contributed by atoms with Crippen molar-refractivity contribution in [3.63, 3.8) is 0 Å². The second-order valence-electron chi connectivity index (χ2n) is 5.88. The summed E-state index contributed by atoms with van der Waals surface area (Å²) in [5.74, 6) is 1.27. The molecule has 1 aliphatic rings. The average molecular weight is 361 g/mol. The number of hydrogen-bond acceptors (Lipinski definition) is 3. The molecule has 0 aliphatic heterocycles. The first-order chi connectivity index (χ1) is 11.6. The minimum absolute atomic E-state index is 0.0248. The van der Waals surface area contributed by atoms with E-state index in [0.29, 0.717) is 33.4 Å². The molecular weight excluding hydrogens is 347 g/mol. The first-order valence-electron chi connectivity index (χ1n) is 7.77. The third-order valence-corrected chi connectivity index (χ3v) is 4.81. The van der Waals surface area contributed by atoms with E-state index in [2.05, 4.69) is 0 Å². The summed E-state index contributed by atoms with van der Waals surface area (Å²) in [5, 5.41) is 1.62. The maximum absolute atomic E-state index is 12.6. The van der Waals surface area contributed by atoms with E-state index in [1.807, 2.05) is 12.1 Å². The first-order valence-corrected chi connectivity index (χ1v) is 8.53.